The summed E-state index contributed by atoms with van der Waals surface area (Å²) in [5, 5.41) is 2.87. The monoisotopic (exact) mass is 370 g/mol. The van der Waals surface area contributed by atoms with Crippen LogP contribution in [0.5, 0.6) is 5.75 Å². The molecule has 2 atom stereocenters. The van der Waals surface area contributed by atoms with Crippen molar-refractivity contribution < 1.29 is 13.9 Å². The Kier molecular flexibility index (Phi) is 6.45. The molecule has 4 nitrogen and oxygen atoms in total. The zero-order chi connectivity index (χ0) is 19.2. The minimum Gasteiger partial charge on any atom is -0.493 e. The number of aryl methyl sites for hydroxylation is 1. The van der Waals surface area contributed by atoms with Crippen LogP contribution in [0.15, 0.2) is 48.5 Å². The molecule has 2 unspecified atom stereocenters. The van der Waals surface area contributed by atoms with E-state index in [1.165, 1.54) is 12.1 Å². The summed E-state index contributed by atoms with van der Waals surface area (Å²) in [6.45, 7) is 6.13. The molecule has 1 heterocycles. The molecule has 3 rings (SSSR count). The molecule has 1 amide bonds. The topological polar surface area (TPSA) is 41.6 Å². The summed E-state index contributed by atoms with van der Waals surface area (Å²) in [5.74, 6) is 0.820. The number of rotatable bonds is 6. The SMILES string of the molecule is Cc1ccc(F)cc1NC(=O)C(C)N1CCCC(COc2ccccc2)C1. The zero-order valence-corrected chi connectivity index (χ0v) is 16.0. The van der Waals surface area contributed by atoms with E-state index in [0.717, 1.165) is 37.2 Å². The number of amides is 1. The lowest BCUT2D eigenvalue weighted by Crippen LogP contribution is -2.48. The van der Waals surface area contributed by atoms with Gasteiger partial charge < -0.3 is 10.1 Å². The van der Waals surface area contributed by atoms with Crippen molar-refractivity contribution in [2.24, 2.45) is 5.92 Å². The van der Waals surface area contributed by atoms with Crippen molar-refractivity contribution in [2.75, 3.05) is 25.0 Å². The number of para-hydroxylation sites is 1. The quantitative estimate of drug-likeness (QED) is 0.826. The van der Waals surface area contributed by atoms with E-state index in [0.29, 0.717) is 18.2 Å². The third-order valence-electron chi connectivity index (χ3n) is 5.16. The molecule has 1 N–H and O–H groups in total. The van der Waals surface area contributed by atoms with E-state index < -0.39 is 0 Å². The molecule has 0 aliphatic carbocycles. The molecule has 1 aliphatic heterocycles. The highest BCUT2D eigenvalue weighted by atomic mass is 19.1. The molecule has 1 fully saturated rings. The van der Waals surface area contributed by atoms with Crippen LogP contribution in [0.1, 0.15) is 25.3 Å². The van der Waals surface area contributed by atoms with Crippen LogP contribution in [0.4, 0.5) is 10.1 Å². The van der Waals surface area contributed by atoms with Crippen molar-refractivity contribution >= 4 is 11.6 Å². The van der Waals surface area contributed by atoms with E-state index in [9.17, 15) is 9.18 Å². The molecule has 0 aromatic heterocycles. The van der Waals surface area contributed by atoms with Crippen LogP contribution >= 0.6 is 0 Å². The van der Waals surface area contributed by atoms with Crippen LogP contribution in [0, 0.1) is 18.7 Å². The van der Waals surface area contributed by atoms with Crippen LogP contribution in [-0.2, 0) is 4.79 Å². The van der Waals surface area contributed by atoms with Gasteiger partial charge in [-0.25, -0.2) is 4.39 Å². The van der Waals surface area contributed by atoms with Gasteiger partial charge in [-0.05, 0) is 63.1 Å². The second-order valence-electron chi connectivity index (χ2n) is 7.25. The number of anilines is 1. The van der Waals surface area contributed by atoms with Gasteiger partial charge in [-0.3, -0.25) is 9.69 Å². The van der Waals surface area contributed by atoms with E-state index in [4.69, 9.17) is 4.74 Å². The van der Waals surface area contributed by atoms with E-state index >= 15 is 0 Å². The number of benzene rings is 2. The number of nitrogens with zero attached hydrogens (tertiary/aromatic N) is 1. The van der Waals surface area contributed by atoms with Crippen molar-refractivity contribution in [2.45, 2.75) is 32.7 Å². The second-order valence-corrected chi connectivity index (χ2v) is 7.25. The third-order valence-corrected chi connectivity index (χ3v) is 5.16. The van der Waals surface area contributed by atoms with E-state index in [1.807, 2.05) is 44.2 Å². The molecule has 1 aliphatic rings. The van der Waals surface area contributed by atoms with Gasteiger partial charge in [0.1, 0.15) is 11.6 Å². The number of likely N-dealkylation sites (tertiary alicyclic amines) is 1. The van der Waals surface area contributed by atoms with Gasteiger partial charge in [0.05, 0.1) is 12.6 Å². The van der Waals surface area contributed by atoms with E-state index in [2.05, 4.69) is 10.2 Å². The number of carbonyl (C=O) groups excluding carboxylic acids is 1. The van der Waals surface area contributed by atoms with Crippen molar-refractivity contribution in [1.29, 1.82) is 0 Å². The minimum atomic E-state index is -0.348. The fraction of sp³-hybridized carbons (Fsp3) is 0.409. The van der Waals surface area contributed by atoms with Gasteiger partial charge in [-0.1, -0.05) is 24.3 Å². The van der Waals surface area contributed by atoms with Crippen molar-refractivity contribution in [3.8, 4) is 5.75 Å². The Morgan fingerprint density at radius 3 is 2.85 bits per heavy atom. The molecule has 5 heteroatoms. The predicted octanol–water partition coefficient (Wildman–Crippen LogP) is 4.25. The smallest absolute Gasteiger partial charge is 0.241 e. The first kappa shape index (κ1) is 19.4. The Morgan fingerprint density at radius 2 is 2.07 bits per heavy atom. The molecular weight excluding hydrogens is 343 g/mol. The first-order valence-electron chi connectivity index (χ1n) is 9.52. The fourth-order valence-corrected chi connectivity index (χ4v) is 3.45. The molecule has 144 valence electrons. The molecule has 27 heavy (non-hydrogen) atoms. The number of carbonyl (C=O) groups is 1. The van der Waals surface area contributed by atoms with Gasteiger partial charge >= 0.3 is 0 Å². The molecule has 2 aromatic carbocycles. The number of piperidine rings is 1. The first-order chi connectivity index (χ1) is 13.0. The molecule has 0 saturated carbocycles. The van der Waals surface area contributed by atoms with E-state index in [-0.39, 0.29) is 17.8 Å². The highest BCUT2D eigenvalue weighted by Gasteiger charge is 2.28. The van der Waals surface area contributed by atoms with Gasteiger partial charge in [-0.15, -0.1) is 0 Å². The molecule has 0 radical (unpaired) electrons. The third kappa shape index (κ3) is 5.30. The van der Waals surface area contributed by atoms with Crippen LogP contribution in [0.25, 0.3) is 0 Å². The van der Waals surface area contributed by atoms with Crippen LogP contribution in [0.3, 0.4) is 0 Å². The summed E-state index contributed by atoms with van der Waals surface area (Å²) in [7, 11) is 0. The predicted molar refractivity (Wildman–Crippen MR) is 105 cm³/mol. The first-order valence-corrected chi connectivity index (χ1v) is 9.52. The number of hydrogen-bond donors (Lipinski definition) is 1. The highest BCUT2D eigenvalue weighted by molar-refractivity contribution is 5.95. The van der Waals surface area contributed by atoms with Crippen molar-refractivity contribution in [3.05, 3.63) is 59.9 Å². The number of ether oxygens (including phenoxy) is 1. The minimum absolute atomic E-state index is 0.103. The lowest BCUT2D eigenvalue weighted by molar-refractivity contribution is -0.121. The zero-order valence-electron chi connectivity index (χ0n) is 16.0. The maximum absolute atomic E-state index is 13.5. The Balaban J connectivity index is 1.54. The normalized spacial score (nSPS) is 18.7. The van der Waals surface area contributed by atoms with Crippen LogP contribution in [0.2, 0.25) is 0 Å². The van der Waals surface area contributed by atoms with Crippen molar-refractivity contribution in [1.82, 2.24) is 4.90 Å². The number of nitrogens with one attached hydrogen (secondary N) is 1. The van der Waals surface area contributed by atoms with Crippen LogP contribution in [-0.4, -0.2) is 36.5 Å². The maximum Gasteiger partial charge on any atom is 0.241 e. The van der Waals surface area contributed by atoms with Gasteiger partial charge in [0.15, 0.2) is 0 Å². The lowest BCUT2D eigenvalue weighted by atomic mass is 9.97. The molecule has 0 spiro atoms. The molecular formula is C22H27FN2O2. The Hall–Kier alpha value is -2.40. The molecule has 0 bridgehead atoms. The molecule has 2 aromatic rings. The average Bonchev–Trinajstić information content (AvgIpc) is 2.69. The lowest BCUT2D eigenvalue weighted by Gasteiger charge is -2.36. The Bertz CT molecular complexity index is 766. The standard InChI is InChI=1S/C22H27FN2O2/c1-16-10-11-19(23)13-21(16)24-22(26)17(2)25-12-6-7-18(14-25)15-27-20-8-4-3-5-9-20/h3-5,8-11,13,17-18H,6-7,12,14-15H2,1-2H3,(H,24,26). The van der Waals surface area contributed by atoms with Gasteiger partial charge in [0.2, 0.25) is 5.91 Å². The average molecular weight is 370 g/mol. The summed E-state index contributed by atoms with van der Waals surface area (Å²) in [5.41, 5.74) is 1.39. The number of hydrogen-bond acceptors (Lipinski definition) is 3. The molecule has 1 saturated heterocycles. The fourth-order valence-electron chi connectivity index (χ4n) is 3.45. The van der Waals surface area contributed by atoms with Gasteiger partial charge in [0.25, 0.3) is 0 Å². The maximum atomic E-state index is 13.5. The summed E-state index contributed by atoms with van der Waals surface area (Å²) in [4.78, 5) is 14.8. The second kappa shape index (κ2) is 9.00. The van der Waals surface area contributed by atoms with Gasteiger partial charge in [0, 0.05) is 18.2 Å². The summed E-state index contributed by atoms with van der Waals surface area (Å²) < 4.78 is 19.3. The summed E-state index contributed by atoms with van der Waals surface area (Å²) in [6.07, 6.45) is 2.14. The highest BCUT2D eigenvalue weighted by Crippen LogP contribution is 2.22. The number of halogens is 1. The van der Waals surface area contributed by atoms with Crippen LogP contribution < -0.4 is 10.1 Å². The summed E-state index contributed by atoms with van der Waals surface area (Å²) >= 11 is 0. The Morgan fingerprint density at radius 1 is 1.30 bits per heavy atom. The largest absolute Gasteiger partial charge is 0.493 e. The van der Waals surface area contributed by atoms with E-state index in [1.54, 1.807) is 6.07 Å². The van der Waals surface area contributed by atoms with Gasteiger partial charge in [-0.2, -0.15) is 0 Å². The Labute approximate surface area is 160 Å². The van der Waals surface area contributed by atoms with Crippen molar-refractivity contribution in [3.63, 3.8) is 0 Å². The summed E-state index contributed by atoms with van der Waals surface area (Å²) in [6, 6.07) is 14.0.